The van der Waals surface area contributed by atoms with Gasteiger partial charge in [-0.25, -0.2) is 8.78 Å². The Morgan fingerprint density at radius 2 is 1.94 bits per heavy atom. The van der Waals surface area contributed by atoms with Gasteiger partial charge in [0.1, 0.15) is 0 Å². The van der Waals surface area contributed by atoms with Crippen LogP contribution in [0.1, 0.15) is 63.2 Å². The lowest BCUT2D eigenvalue weighted by Gasteiger charge is -2.25. The monoisotopic (exact) mass is 259 g/mol. The van der Waals surface area contributed by atoms with E-state index in [1.165, 1.54) is 0 Å². The van der Waals surface area contributed by atoms with Crippen LogP contribution in [0.3, 0.4) is 0 Å². The van der Waals surface area contributed by atoms with Gasteiger partial charge in [-0.3, -0.25) is 0 Å². The summed E-state index contributed by atoms with van der Waals surface area (Å²) in [7, 11) is 0. The van der Waals surface area contributed by atoms with Crippen molar-refractivity contribution in [2.45, 2.75) is 57.4 Å². The Morgan fingerprint density at radius 3 is 2.50 bits per heavy atom. The minimum absolute atomic E-state index is 0.0507. The first-order chi connectivity index (χ1) is 8.39. The first-order valence-corrected chi connectivity index (χ1v) is 6.36. The fourth-order valence-electron chi connectivity index (χ4n) is 2.13. The van der Waals surface area contributed by atoms with Crippen molar-refractivity contribution in [1.82, 2.24) is 10.1 Å². The summed E-state index contributed by atoms with van der Waals surface area (Å²) >= 11 is 0. The minimum Gasteiger partial charge on any atom is -0.339 e. The third-order valence-electron chi connectivity index (χ3n) is 3.54. The van der Waals surface area contributed by atoms with Crippen LogP contribution in [0, 0.1) is 5.92 Å². The van der Waals surface area contributed by atoms with Gasteiger partial charge in [-0.2, -0.15) is 4.98 Å². The van der Waals surface area contributed by atoms with Gasteiger partial charge in [0.05, 0.1) is 6.04 Å². The molecule has 0 radical (unpaired) electrons. The molecule has 18 heavy (non-hydrogen) atoms. The highest BCUT2D eigenvalue weighted by Gasteiger charge is 2.37. The molecule has 2 rings (SSSR count). The van der Waals surface area contributed by atoms with E-state index in [1.54, 1.807) is 0 Å². The molecule has 1 aromatic rings. The predicted molar refractivity (Wildman–Crippen MR) is 62.2 cm³/mol. The Hall–Kier alpha value is -1.04. The molecule has 1 atom stereocenters. The van der Waals surface area contributed by atoms with Crippen LogP contribution in [0.2, 0.25) is 0 Å². The standard InChI is InChI=1S/C12H19F2N3O/c1-7(2)9(15)10-16-11(18-17-10)8-3-5-12(13,14)6-4-8/h7-9H,3-6,15H2,1-2H3. The second-order valence-corrected chi connectivity index (χ2v) is 5.39. The summed E-state index contributed by atoms with van der Waals surface area (Å²) in [5, 5.41) is 3.85. The second-order valence-electron chi connectivity index (χ2n) is 5.39. The second kappa shape index (κ2) is 4.91. The van der Waals surface area contributed by atoms with Gasteiger partial charge in [0.15, 0.2) is 5.82 Å². The highest BCUT2D eigenvalue weighted by Crippen LogP contribution is 2.40. The molecule has 1 fully saturated rings. The predicted octanol–water partition coefficient (Wildman–Crippen LogP) is 3.02. The lowest BCUT2D eigenvalue weighted by atomic mass is 9.87. The van der Waals surface area contributed by atoms with Gasteiger partial charge in [0.2, 0.25) is 11.8 Å². The summed E-state index contributed by atoms with van der Waals surface area (Å²) in [5.74, 6) is -1.45. The molecule has 0 spiro atoms. The van der Waals surface area contributed by atoms with Crippen molar-refractivity contribution in [3.8, 4) is 0 Å². The van der Waals surface area contributed by atoms with Crippen LogP contribution in [0.4, 0.5) is 8.78 Å². The molecule has 102 valence electrons. The number of aromatic nitrogens is 2. The Bertz CT molecular complexity index is 396. The van der Waals surface area contributed by atoms with Crippen LogP contribution in [-0.2, 0) is 0 Å². The zero-order valence-corrected chi connectivity index (χ0v) is 10.7. The molecule has 4 nitrogen and oxygen atoms in total. The van der Waals surface area contributed by atoms with E-state index >= 15 is 0 Å². The molecular weight excluding hydrogens is 240 g/mol. The van der Waals surface area contributed by atoms with Crippen LogP contribution in [0.15, 0.2) is 4.52 Å². The summed E-state index contributed by atoms with van der Waals surface area (Å²) in [6.45, 7) is 3.95. The Labute approximate surface area is 105 Å². The van der Waals surface area contributed by atoms with Crippen molar-refractivity contribution in [2.75, 3.05) is 0 Å². The van der Waals surface area contributed by atoms with Gasteiger partial charge in [0, 0.05) is 18.8 Å². The fourth-order valence-corrected chi connectivity index (χ4v) is 2.13. The van der Waals surface area contributed by atoms with Gasteiger partial charge in [-0.1, -0.05) is 19.0 Å². The highest BCUT2D eigenvalue weighted by atomic mass is 19.3. The molecule has 0 aromatic carbocycles. The van der Waals surface area contributed by atoms with Crippen molar-refractivity contribution in [3.63, 3.8) is 0 Å². The van der Waals surface area contributed by atoms with Crippen LogP contribution >= 0.6 is 0 Å². The molecule has 1 heterocycles. The first kappa shape index (κ1) is 13.4. The average Bonchev–Trinajstić information content (AvgIpc) is 2.77. The van der Waals surface area contributed by atoms with Crippen LogP contribution in [0.25, 0.3) is 0 Å². The zero-order valence-electron chi connectivity index (χ0n) is 10.7. The molecule has 2 N–H and O–H groups in total. The number of nitrogens with zero attached hydrogens (tertiary/aromatic N) is 2. The maximum Gasteiger partial charge on any atom is 0.248 e. The maximum absolute atomic E-state index is 13.0. The minimum atomic E-state index is -2.53. The largest absolute Gasteiger partial charge is 0.339 e. The normalized spacial score (nSPS) is 22.3. The number of alkyl halides is 2. The van der Waals surface area contributed by atoms with Gasteiger partial charge in [-0.15, -0.1) is 0 Å². The molecule has 1 saturated carbocycles. The third kappa shape index (κ3) is 2.85. The number of nitrogens with two attached hydrogens (primary N) is 1. The van der Waals surface area contributed by atoms with Crippen LogP contribution in [-0.4, -0.2) is 16.1 Å². The molecule has 0 aliphatic heterocycles. The Morgan fingerprint density at radius 1 is 1.33 bits per heavy atom. The molecular formula is C12H19F2N3O. The molecule has 1 aliphatic carbocycles. The maximum atomic E-state index is 13.0. The van der Waals surface area contributed by atoms with Crippen LogP contribution < -0.4 is 5.73 Å². The summed E-state index contributed by atoms with van der Waals surface area (Å²) in [5.41, 5.74) is 5.92. The Balaban J connectivity index is 2.03. The van der Waals surface area contributed by atoms with E-state index in [9.17, 15) is 8.78 Å². The van der Waals surface area contributed by atoms with Crippen molar-refractivity contribution in [3.05, 3.63) is 11.7 Å². The van der Waals surface area contributed by atoms with Gasteiger partial charge >= 0.3 is 0 Å². The Kier molecular flexibility index (Phi) is 3.66. The lowest BCUT2D eigenvalue weighted by Crippen LogP contribution is -2.24. The van der Waals surface area contributed by atoms with Gasteiger partial charge < -0.3 is 10.3 Å². The van der Waals surface area contributed by atoms with Crippen molar-refractivity contribution >= 4 is 0 Å². The topological polar surface area (TPSA) is 64.9 Å². The third-order valence-corrected chi connectivity index (χ3v) is 3.54. The quantitative estimate of drug-likeness (QED) is 0.906. The molecule has 1 aromatic heterocycles. The van der Waals surface area contributed by atoms with E-state index in [1.807, 2.05) is 13.8 Å². The van der Waals surface area contributed by atoms with Crippen LogP contribution in [0.5, 0.6) is 0 Å². The zero-order chi connectivity index (χ0) is 13.3. The van der Waals surface area contributed by atoms with Gasteiger partial charge in [-0.05, 0) is 18.8 Å². The van der Waals surface area contributed by atoms with Crippen molar-refractivity contribution < 1.29 is 13.3 Å². The van der Waals surface area contributed by atoms with Crippen molar-refractivity contribution in [2.24, 2.45) is 11.7 Å². The molecule has 0 amide bonds. The summed E-state index contributed by atoms with van der Waals surface area (Å²) in [6.07, 6.45) is 0.578. The number of hydrogen-bond donors (Lipinski definition) is 1. The molecule has 6 heteroatoms. The SMILES string of the molecule is CC(C)C(N)c1noc(C2CCC(F)(F)CC2)n1. The lowest BCUT2D eigenvalue weighted by molar-refractivity contribution is -0.0402. The first-order valence-electron chi connectivity index (χ1n) is 6.36. The average molecular weight is 259 g/mol. The van der Waals surface area contributed by atoms with E-state index in [2.05, 4.69) is 10.1 Å². The molecule has 0 saturated heterocycles. The van der Waals surface area contributed by atoms with E-state index in [4.69, 9.17) is 10.3 Å². The van der Waals surface area contributed by atoms with E-state index in [0.29, 0.717) is 24.6 Å². The van der Waals surface area contributed by atoms with E-state index in [-0.39, 0.29) is 30.7 Å². The molecule has 1 aliphatic rings. The summed E-state index contributed by atoms with van der Waals surface area (Å²) < 4.78 is 31.2. The highest BCUT2D eigenvalue weighted by molar-refractivity contribution is 5.00. The van der Waals surface area contributed by atoms with E-state index in [0.717, 1.165) is 0 Å². The van der Waals surface area contributed by atoms with Crippen molar-refractivity contribution in [1.29, 1.82) is 0 Å². The number of rotatable bonds is 3. The van der Waals surface area contributed by atoms with E-state index < -0.39 is 5.92 Å². The summed E-state index contributed by atoms with van der Waals surface area (Å²) in [4.78, 5) is 4.26. The number of halogens is 2. The molecule has 1 unspecified atom stereocenters. The fraction of sp³-hybridized carbons (Fsp3) is 0.833. The summed E-state index contributed by atoms with van der Waals surface area (Å²) in [6, 6.07) is -0.271. The molecule has 0 bridgehead atoms. The van der Waals surface area contributed by atoms with Gasteiger partial charge in [0.25, 0.3) is 0 Å². The number of hydrogen-bond acceptors (Lipinski definition) is 4. The smallest absolute Gasteiger partial charge is 0.248 e.